The number of para-hydroxylation sites is 1. The Labute approximate surface area is 128 Å². The summed E-state index contributed by atoms with van der Waals surface area (Å²) in [6.45, 7) is 0.490. The Kier molecular flexibility index (Phi) is 3.78. The van der Waals surface area contributed by atoms with Gasteiger partial charge < -0.3 is 25.9 Å². The monoisotopic (exact) mass is 304 g/mol. The third kappa shape index (κ3) is 2.43. The minimum absolute atomic E-state index is 0.0230. The van der Waals surface area contributed by atoms with Gasteiger partial charge in [0.1, 0.15) is 5.41 Å². The molecule has 0 bridgehead atoms. The summed E-state index contributed by atoms with van der Waals surface area (Å²) in [6, 6.07) is 7.68. The van der Waals surface area contributed by atoms with Gasteiger partial charge in [-0.3, -0.25) is 4.79 Å². The largest absolute Gasteiger partial charge is 0.399 e. The molecule has 2 heterocycles. The van der Waals surface area contributed by atoms with Crippen molar-refractivity contribution in [2.24, 2.45) is 11.6 Å². The number of benzene rings is 1. The summed E-state index contributed by atoms with van der Waals surface area (Å²) in [5.74, 6) is 5.81. The average molecular weight is 304 g/mol. The number of anilines is 1. The first-order chi connectivity index (χ1) is 10.5. The Morgan fingerprint density at radius 1 is 1.55 bits per heavy atom. The fraction of sp³-hybridized carbons (Fsp3) is 0.400. The number of hydrazine groups is 1. The number of nitrogens with one attached hydrogen (secondary N) is 1. The van der Waals surface area contributed by atoms with Gasteiger partial charge in [-0.15, -0.1) is 0 Å². The molecule has 22 heavy (non-hydrogen) atoms. The van der Waals surface area contributed by atoms with E-state index in [1.54, 1.807) is 0 Å². The molecule has 0 saturated carbocycles. The summed E-state index contributed by atoms with van der Waals surface area (Å²) in [5.41, 5.74) is 7.02. The van der Waals surface area contributed by atoms with Crippen LogP contribution in [0.2, 0.25) is 0 Å². The van der Waals surface area contributed by atoms with E-state index in [9.17, 15) is 4.79 Å². The van der Waals surface area contributed by atoms with Crippen LogP contribution in [0.4, 0.5) is 5.69 Å². The quantitative estimate of drug-likeness (QED) is 0.446. The molecule has 1 saturated heterocycles. The van der Waals surface area contributed by atoms with Crippen LogP contribution in [0.15, 0.2) is 36.2 Å². The van der Waals surface area contributed by atoms with Gasteiger partial charge >= 0.3 is 0 Å². The van der Waals surface area contributed by atoms with Crippen molar-refractivity contribution in [3.05, 3.63) is 41.7 Å². The molecule has 0 radical (unpaired) electrons. The lowest BCUT2D eigenvalue weighted by molar-refractivity contribution is -0.120. The second-order valence-corrected chi connectivity index (χ2v) is 5.78. The Morgan fingerprint density at radius 3 is 3.09 bits per heavy atom. The van der Waals surface area contributed by atoms with E-state index in [1.165, 1.54) is 11.2 Å². The number of carbonyl (C=O) groups excluding carboxylic acids is 1. The van der Waals surface area contributed by atoms with E-state index in [1.807, 2.05) is 24.3 Å². The summed E-state index contributed by atoms with van der Waals surface area (Å²) in [6.07, 6.45) is 1.86. The van der Waals surface area contributed by atoms with Crippen LogP contribution < -0.4 is 16.9 Å². The molecule has 2 atom stereocenters. The molecule has 0 aliphatic carbocycles. The lowest BCUT2D eigenvalue weighted by atomic mass is 9.79. The zero-order chi connectivity index (χ0) is 15.7. The number of amides is 1. The van der Waals surface area contributed by atoms with Crippen LogP contribution in [-0.2, 0) is 14.9 Å². The number of aliphatic hydroxyl groups excluding tert-OH is 1. The molecule has 1 spiro atoms. The molecule has 7 nitrogen and oxygen atoms in total. The van der Waals surface area contributed by atoms with Gasteiger partial charge in [-0.1, -0.05) is 18.2 Å². The van der Waals surface area contributed by atoms with Gasteiger partial charge in [0, 0.05) is 11.9 Å². The predicted octanol–water partition coefficient (Wildman–Crippen LogP) is -0.366. The first-order valence-electron chi connectivity index (χ1n) is 7.16. The SMILES string of the molecule is N/C(=C\N(N)CC1CC2(CO1)C(=O)Nc1ccccc12)CO. The van der Waals surface area contributed by atoms with Crippen LogP contribution in [-0.4, -0.2) is 41.9 Å². The highest BCUT2D eigenvalue weighted by molar-refractivity contribution is 6.06. The number of nitrogens with zero attached hydrogens (tertiary/aromatic N) is 1. The van der Waals surface area contributed by atoms with E-state index in [0.717, 1.165) is 11.3 Å². The highest BCUT2D eigenvalue weighted by atomic mass is 16.5. The maximum Gasteiger partial charge on any atom is 0.237 e. The van der Waals surface area contributed by atoms with Gasteiger partial charge in [-0.05, 0) is 18.1 Å². The van der Waals surface area contributed by atoms with Gasteiger partial charge in [0.2, 0.25) is 5.91 Å². The number of ether oxygens (including phenoxy) is 1. The smallest absolute Gasteiger partial charge is 0.237 e. The van der Waals surface area contributed by atoms with E-state index in [-0.39, 0.29) is 24.3 Å². The average Bonchev–Trinajstić information content (AvgIpc) is 3.03. The van der Waals surface area contributed by atoms with Crippen LogP contribution >= 0.6 is 0 Å². The molecule has 3 rings (SSSR count). The number of hydrogen-bond donors (Lipinski definition) is 4. The summed E-state index contributed by atoms with van der Waals surface area (Å²) in [7, 11) is 0. The maximum atomic E-state index is 12.4. The predicted molar refractivity (Wildman–Crippen MR) is 81.4 cm³/mol. The second kappa shape index (κ2) is 5.60. The second-order valence-electron chi connectivity index (χ2n) is 5.78. The lowest BCUT2D eigenvalue weighted by Gasteiger charge is -2.21. The van der Waals surface area contributed by atoms with Crippen LogP contribution in [0.25, 0.3) is 0 Å². The molecular formula is C15H20N4O3. The Bertz CT molecular complexity index is 619. The molecule has 2 unspecified atom stereocenters. The number of carbonyl (C=O) groups is 1. The standard InChI is InChI=1S/C15H20N4O3/c16-10(8-20)6-19(17)7-11-5-15(9-22-11)12-3-1-2-4-13(12)18-14(15)21/h1-4,6,11,20H,5,7-9,16-17H2,(H,18,21)/b10-6-. The lowest BCUT2D eigenvalue weighted by Crippen LogP contribution is -2.37. The van der Waals surface area contributed by atoms with Gasteiger partial charge in [0.05, 0.1) is 31.6 Å². The fourth-order valence-electron chi connectivity index (χ4n) is 3.15. The van der Waals surface area contributed by atoms with E-state index in [0.29, 0.717) is 19.6 Å². The molecule has 1 aromatic rings. The van der Waals surface area contributed by atoms with E-state index >= 15 is 0 Å². The molecule has 1 aromatic carbocycles. The minimum Gasteiger partial charge on any atom is -0.399 e. The third-order valence-corrected chi connectivity index (χ3v) is 4.20. The van der Waals surface area contributed by atoms with Gasteiger partial charge in [0.25, 0.3) is 0 Å². The summed E-state index contributed by atoms with van der Waals surface area (Å²) >= 11 is 0. The van der Waals surface area contributed by atoms with E-state index < -0.39 is 5.41 Å². The topological polar surface area (TPSA) is 114 Å². The highest BCUT2D eigenvalue weighted by Gasteiger charge is 2.52. The molecule has 7 heteroatoms. The summed E-state index contributed by atoms with van der Waals surface area (Å²) in [5, 5.41) is 13.2. The van der Waals surface area contributed by atoms with Crippen LogP contribution in [0.1, 0.15) is 12.0 Å². The Balaban J connectivity index is 1.74. The molecule has 6 N–H and O–H groups in total. The zero-order valence-corrected chi connectivity index (χ0v) is 12.2. The normalized spacial score (nSPS) is 27.1. The van der Waals surface area contributed by atoms with Crippen molar-refractivity contribution in [3.8, 4) is 0 Å². The summed E-state index contributed by atoms with van der Waals surface area (Å²) in [4.78, 5) is 12.4. The number of rotatable bonds is 4. The molecule has 118 valence electrons. The molecule has 2 aliphatic rings. The van der Waals surface area contributed by atoms with Crippen molar-refractivity contribution in [1.29, 1.82) is 0 Å². The molecule has 1 fully saturated rings. The van der Waals surface area contributed by atoms with Crippen molar-refractivity contribution < 1.29 is 14.6 Å². The van der Waals surface area contributed by atoms with Gasteiger partial charge in [-0.2, -0.15) is 0 Å². The van der Waals surface area contributed by atoms with Crippen LogP contribution in [0.3, 0.4) is 0 Å². The highest BCUT2D eigenvalue weighted by Crippen LogP contribution is 2.45. The van der Waals surface area contributed by atoms with Gasteiger partial charge in [0.15, 0.2) is 0 Å². The van der Waals surface area contributed by atoms with E-state index in [2.05, 4.69) is 5.32 Å². The molecule has 2 aliphatic heterocycles. The van der Waals surface area contributed by atoms with Crippen LogP contribution in [0, 0.1) is 0 Å². The Morgan fingerprint density at radius 2 is 2.32 bits per heavy atom. The van der Waals surface area contributed by atoms with Crippen molar-refractivity contribution in [2.75, 3.05) is 25.1 Å². The first kappa shape index (κ1) is 14.8. The van der Waals surface area contributed by atoms with Crippen LogP contribution in [0.5, 0.6) is 0 Å². The number of nitrogens with two attached hydrogens (primary N) is 2. The van der Waals surface area contributed by atoms with Crippen molar-refractivity contribution in [2.45, 2.75) is 17.9 Å². The molecule has 1 amide bonds. The first-order valence-corrected chi connectivity index (χ1v) is 7.16. The third-order valence-electron chi connectivity index (χ3n) is 4.20. The van der Waals surface area contributed by atoms with E-state index in [4.69, 9.17) is 21.4 Å². The fourth-order valence-corrected chi connectivity index (χ4v) is 3.15. The maximum absolute atomic E-state index is 12.4. The number of aliphatic hydroxyl groups is 1. The molecular weight excluding hydrogens is 284 g/mol. The van der Waals surface area contributed by atoms with Crippen molar-refractivity contribution in [3.63, 3.8) is 0 Å². The van der Waals surface area contributed by atoms with Crippen molar-refractivity contribution in [1.82, 2.24) is 5.01 Å². The molecule has 0 aromatic heterocycles. The van der Waals surface area contributed by atoms with Gasteiger partial charge in [-0.25, -0.2) is 5.84 Å². The number of fused-ring (bicyclic) bond motifs is 2. The van der Waals surface area contributed by atoms with Crippen molar-refractivity contribution >= 4 is 11.6 Å². The minimum atomic E-state index is -0.631. The summed E-state index contributed by atoms with van der Waals surface area (Å²) < 4.78 is 5.79. The zero-order valence-electron chi connectivity index (χ0n) is 12.2. The number of hydrogen-bond acceptors (Lipinski definition) is 6. The Hall–Kier alpha value is -2.09.